The van der Waals surface area contributed by atoms with Crippen LogP contribution in [0.25, 0.3) is 11.4 Å². The van der Waals surface area contributed by atoms with Gasteiger partial charge in [-0.15, -0.1) is 0 Å². The Morgan fingerprint density at radius 3 is 2.83 bits per heavy atom. The van der Waals surface area contributed by atoms with Crippen LogP contribution >= 0.6 is 11.6 Å². The van der Waals surface area contributed by atoms with E-state index in [0.717, 1.165) is 0 Å². The third kappa shape index (κ3) is 3.72. The molecule has 8 nitrogen and oxygen atoms in total. The number of nitrogens with zero attached hydrogens (tertiary/aromatic N) is 2. The van der Waals surface area contributed by atoms with Gasteiger partial charge in [0, 0.05) is 10.6 Å². The van der Waals surface area contributed by atoms with Crippen LogP contribution in [-0.2, 0) is 20.9 Å². The molecule has 0 spiro atoms. The molecular formula is C15H14ClN3O5. The van der Waals surface area contributed by atoms with Gasteiger partial charge < -0.3 is 19.7 Å². The zero-order valence-corrected chi connectivity index (χ0v) is 13.2. The van der Waals surface area contributed by atoms with Gasteiger partial charge in [0.15, 0.2) is 6.10 Å². The smallest absolute Gasteiger partial charge is 0.332 e. The molecule has 1 saturated heterocycles. The molecule has 1 fully saturated rings. The number of carbonyl (C=O) groups is 2. The summed E-state index contributed by atoms with van der Waals surface area (Å²) in [5.41, 5.74) is 0.701. The minimum atomic E-state index is -1.06. The number of hydrogen-bond donors (Lipinski definition) is 2. The summed E-state index contributed by atoms with van der Waals surface area (Å²) in [5, 5.41) is 15.8. The molecule has 1 aromatic heterocycles. The van der Waals surface area contributed by atoms with Crippen molar-refractivity contribution in [2.45, 2.75) is 31.6 Å². The Kier molecular flexibility index (Phi) is 4.77. The molecule has 1 amide bonds. The number of aromatic nitrogens is 2. The molecule has 2 atom stereocenters. The van der Waals surface area contributed by atoms with E-state index in [4.69, 9.17) is 26.0 Å². The van der Waals surface area contributed by atoms with E-state index in [1.807, 2.05) is 0 Å². The summed E-state index contributed by atoms with van der Waals surface area (Å²) >= 11 is 5.91. The Bertz CT molecular complexity index is 763. The van der Waals surface area contributed by atoms with Crippen LogP contribution < -0.4 is 5.32 Å². The molecule has 2 aromatic rings. The van der Waals surface area contributed by atoms with Gasteiger partial charge in [0.25, 0.3) is 0 Å². The summed E-state index contributed by atoms with van der Waals surface area (Å²) in [6.45, 7) is 0.0317. The lowest BCUT2D eigenvalue weighted by atomic mass is 10.2. The number of hydrogen-bond acceptors (Lipinski definition) is 6. The van der Waals surface area contributed by atoms with E-state index < -0.39 is 24.1 Å². The van der Waals surface area contributed by atoms with Gasteiger partial charge in [0.1, 0.15) is 6.10 Å². The van der Waals surface area contributed by atoms with Crippen LogP contribution in [0.5, 0.6) is 0 Å². The first kappa shape index (κ1) is 16.4. The highest BCUT2D eigenvalue weighted by Crippen LogP contribution is 2.21. The summed E-state index contributed by atoms with van der Waals surface area (Å²) in [6.07, 6.45) is -1.03. The highest BCUT2D eigenvalue weighted by Gasteiger charge is 2.34. The highest BCUT2D eigenvalue weighted by molar-refractivity contribution is 6.30. The highest BCUT2D eigenvalue weighted by atomic mass is 35.5. The summed E-state index contributed by atoms with van der Waals surface area (Å²) in [4.78, 5) is 27.0. The van der Waals surface area contributed by atoms with Gasteiger partial charge in [0.05, 0.1) is 6.54 Å². The lowest BCUT2D eigenvalue weighted by Crippen LogP contribution is -2.35. The Morgan fingerprint density at radius 2 is 2.12 bits per heavy atom. The zero-order chi connectivity index (χ0) is 17.1. The summed E-state index contributed by atoms with van der Waals surface area (Å²) in [7, 11) is 0. The number of benzene rings is 1. The summed E-state index contributed by atoms with van der Waals surface area (Å²) in [6, 6.07) is 6.99. The number of rotatable bonds is 5. The molecule has 24 heavy (non-hydrogen) atoms. The first-order valence-electron chi connectivity index (χ1n) is 7.27. The van der Waals surface area contributed by atoms with Gasteiger partial charge in [-0.1, -0.05) is 28.9 Å². The average molecular weight is 352 g/mol. The van der Waals surface area contributed by atoms with Gasteiger partial charge in [-0.05, 0) is 25.0 Å². The maximum absolute atomic E-state index is 12.0. The molecular weight excluding hydrogens is 338 g/mol. The molecule has 1 aliphatic heterocycles. The second-order valence-electron chi connectivity index (χ2n) is 5.27. The largest absolute Gasteiger partial charge is 0.479 e. The van der Waals surface area contributed by atoms with E-state index >= 15 is 0 Å². The number of aliphatic carboxylic acids is 1. The molecule has 2 heterocycles. The van der Waals surface area contributed by atoms with Crippen LogP contribution in [-0.4, -0.2) is 39.3 Å². The molecule has 2 N–H and O–H groups in total. The predicted octanol–water partition coefficient (Wildman–Crippen LogP) is 1.64. The number of carboxylic acid groups (broad SMARTS) is 1. The zero-order valence-electron chi connectivity index (χ0n) is 12.4. The van der Waals surface area contributed by atoms with Gasteiger partial charge >= 0.3 is 5.97 Å². The Labute approximate surface area is 141 Å². The van der Waals surface area contributed by atoms with Crippen LogP contribution in [0.4, 0.5) is 0 Å². The first-order chi connectivity index (χ1) is 11.5. The van der Waals surface area contributed by atoms with Crippen LogP contribution in [0.15, 0.2) is 28.8 Å². The second kappa shape index (κ2) is 6.98. The van der Waals surface area contributed by atoms with Crippen molar-refractivity contribution in [3.63, 3.8) is 0 Å². The normalized spacial score (nSPS) is 20.0. The third-order valence-electron chi connectivity index (χ3n) is 3.55. The molecule has 1 aromatic carbocycles. The summed E-state index contributed by atoms with van der Waals surface area (Å²) < 4.78 is 10.2. The van der Waals surface area contributed by atoms with Crippen LogP contribution in [0.1, 0.15) is 18.7 Å². The molecule has 0 unspecified atom stereocenters. The van der Waals surface area contributed by atoms with E-state index in [0.29, 0.717) is 29.3 Å². The standard InChI is InChI=1S/C15H14ClN3O5/c16-9-3-1-2-8(6-9)13-18-12(24-19-13)7-17-14(20)10-4-5-11(23-10)15(21)22/h1-3,6,10-11H,4-5,7H2,(H,17,20)(H,21,22)/t10-,11+/m0/s1. The monoisotopic (exact) mass is 351 g/mol. The lowest BCUT2D eigenvalue weighted by Gasteiger charge is -2.10. The van der Waals surface area contributed by atoms with Gasteiger partial charge in [-0.2, -0.15) is 4.98 Å². The van der Waals surface area contributed by atoms with Crippen molar-refractivity contribution in [2.75, 3.05) is 0 Å². The van der Waals surface area contributed by atoms with Crippen molar-refractivity contribution < 1.29 is 24.0 Å². The fraction of sp³-hybridized carbons (Fsp3) is 0.333. The fourth-order valence-corrected chi connectivity index (χ4v) is 2.55. The minimum absolute atomic E-state index is 0.0317. The quantitative estimate of drug-likeness (QED) is 0.841. The van der Waals surface area contributed by atoms with Crippen molar-refractivity contribution in [1.29, 1.82) is 0 Å². The average Bonchev–Trinajstić information content (AvgIpc) is 3.22. The van der Waals surface area contributed by atoms with E-state index in [9.17, 15) is 9.59 Å². The topological polar surface area (TPSA) is 115 Å². The Balaban J connectivity index is 1.56. The van der Waals surface area contributed by atoms with E-state index in [2.05, 4.69) is 15.5 Å². The van der Waals surface area contributed by atoms with Crippen molar-refractivity contribution in [1.82, 2.24) is 15.5 Å². The molecule has 126 valence electrons. The first-order valence-corrected chi connectivity index (χ1v) is 7.65. The van der Waals surface area contributed by atoms with Gasteiger partial charge in [0.2, 0.25) is 17.6 Å². The van der Waals surface area contributed by atoms with Crippen molar-refractivity contribution in [3.05, 3.63) is 35.2 Å². The molecule has 3 rings (SSSR count). The number of carbonyl (C=O) groups excluding carboxylic acids is 1. The van der Waals surface area contributed by atoms with Gasteiger partial charge in [-0.25, -0.2) is 4.79 Å². The number of halogens is 1. The van der Waals surface area contributed by atoms with Crippen molar-refractivity contribution >= 4 is 23.5 Å². The maximum Gasteiger partial charge on any atom is 0.332 e. The number of ether oxygens (including phenoxy) is 1. The van der Waals surface area contributed by atoms with Crippen LogP contribution in [0.2, 0.25) is 5.02 Å². The molecule has 0 bridgehead atoms. The number of nitrogens with one attached hydrogen (secondary N) is 1. The molecule has 0 saturated carbocycles. The van der Waals surface area contributed by atoms with E-state index in [1.165, 1.54) is 0 Å². The second-order valence-corrected chi connectivity index (χ2v) is 5.71. The third-order valence-corrected chi connectivity index (χ3v) is 3.79. The molecule has 9 heteroatoms. The van der Waals surface area contributed by atoms with Crippen molar-refractivity contribution in [3.8, 4) is 11.4 Å². The summed E-state index contributed by atoms with van der Waals surface area (Å²) in [5.74, 6) is -0.870. The van der Waals surface area contributed by atoms with Crippen molar-refractivity contribution in [2.24, 2.45) is 0 Å². The molecule has 0 radical (unpaired) electrons. The van der Waals surface area contributed by atoms with E-state index in [1.54, 1.807) is 24.3 Å². The molecule has 1 aliphatic rings. The molecule has 0 aliphatic carbocycles. The lowest BCUT2D eigenvalue weighted by molar-refractivity contribution is -0.151. The fourth-order valence-electron chi connectivity index (χ4n) is 2.36. The van der Waals surface area contributed by atoms with E-state index in [-0.39, 0.29) is 12.4 Å². The predicted molar refractivity (Wildman–Crippen MR) is 82.1 cm³/mol. The minimum Gasteiger partial charge on any atom is -0.479 e. The van der Waals surface area contributed by atoms with Gasteiger partial charge in [-0.3, -0.25) is 4.79 Å². The number of carboxylic acids is 1. The van der Waals surface area contributed by atoms with Crippen LogP contribution in [0.3, 0.4) is 0 Å². The SMILES string of the molecule is O=C(NCc1nc(-c2cccc(Cl)c2)no1)[C@@H]1CC[C@H](C(=O)O)O1. The number of amides is 1. The van der Waals surface area contributed by atoms with Crippen LogP contribution in [0, 0.1) is 0 Å². The Morgan fingerprint density at radius 1 is 1.33 bits per heavy atom. The Hall–Kier alpha value is -2.45. The maximum atomic E-state index is 12.0.